The maximum Gasteiger partial charge on any atom is 0.135 e. The summed E-state index contributed by atoms with van der Waals surface area (Å²) in [6.07, 6.45) is 39.4. The second-order valence-corrected chi connectivity index (χ2v) is 15.7. The van der Waals surface area contributed by atoms with Gasteiger partial charge in [0, 0.05) is 30.4 Å². The van der Waals surface area contributed by atoms with E-state index in [-0.39, 0.29) is 0 Å². The largest absolute Gasteiger partial charge is 0.250 e. The molecule has 0 amide bonds. The van der Waals surface area contributed by atoms with Crippen LogP contribution < -0.4 is 0 Å². The molecule has 0 aliphatic carbocycles. The van der Waals surface area contributed by atoms with Crippen molar-refractivity contribution in [3.05, 3.63) is 59.7 Å². The van der Waals surface area contributed by atoms with Crippen molar-refractivity contribution in [1.29, 1.82) is 0 Å². The first kappa shape index (κ1) is 48.6. The summed E-state index contributed by atoms with van der Waals surface area (Å²) in [6.45, 7) is 8.67. The molecule has 0 N–H and O–H groups in total. The molecule has 0 bridgehead atoms. The molecule has 0 saturated carbocycles. The molecule has 2 heteroatoms. The SMILES string of the molecule is CCC#Cc1cccc(N=C(C#CCCCCCCCCCCCCCCCCCCCCCCCCCC)C(CCCC)=Nc2cccc(C#CCC)c2)c1. The standard InChI is InChI=1S/C54H80N2/c1-5-9-13-14-15-16-17-18-19-20-21-22-23-24-25-26-27-28-29-30-31-32-33-34-35-36-46-54(56-52-44-38-42-50(48-52)40-11-7-3)53(45-12-8-4)55-51-43-37-41-49(47-51)39-10-6-2/h37-38,41-44,47-48H,5-9,12-35,45H2,1-4H3. The third-order valence-corrected chi connectivity index (χ3v) is 10.4. The van der Waals surface area contributed by atoms with Gasteiger partial charge in [-0.1, -0.05) is 224 Å². The van der Waals surface area contributed by atoms with E-state index in [9.17, 15) is 0 Å². The zero-order valence-electron chi connectivity index (χ0n) is 36.7. The van der Waals surface area contributed by atoms with E-state index < -0.39 is 0 Å². The minimum Gasteiger partial charge on any atom is -0.250 e. The van der Waals surface area contributed by atoms with Crippen molar-refractivity contribution in [3.63, 3.8) is 0 Å². The van der Waals surface area contributed by atoms with E-state index in [0.29, 0.717) is 0 Å². The number of hydrogen-bond donors (Lipinski definition) is 0. The van der Waals surface area contributed by atoms with Gasteiger partial charge in [0.2, 0.25) is 0 Å². The second-order valence-electron chi connectivity index (χ2n) is 15.7. The summed E-state index contributed by atoms with van der Waals surface area (Å²) in [5.41, 5.74) is 5.47. The third-order valence-electron chi connectivity index (χ3n) is 10.4. The Morgan fingerprint density at radius 1 is 0.429 bits per heavy atom. The summed E-state index contributed by atoms with van der Waals surface area (Å²) in [6, 6.07) is 16.4. The van der Waals surface area contributed by atoms with Crippen molar-refractivity contribution in [2.75, 3.05) is 0 Å². The molecule has 0 aliphatic rings. The summed E-state index contributed by atoms with van der Waals surface area (Å²) in [4.78, 5) is 10.2. The molecular formula is C54H80N2. The minimum atomic E-state index is 0.772. The predicted molar refractivity (Wildman–Crippen MR) is 250 cm³/mol. The summed E-state index contributed by atoms with van der Waals surface area (Å²) in [7, 11) is 0. The molecular weight excluding hydrogens is 677 g/mol. The van der Waals surface area contributed by atoms with Crippen LogP contribution in [0.4, 0.5) is 11.4 Å². The molecule has 56 heavy (non-hydrogen) atoms. The first-order chi connectivity index (χ1) is 27.7. The van der Waals surface area contributed by atoms with Crippen LogP contribution in [0.1, 0.15) is 231 Å². The number of nitrogens with zero attached hydrogens (tertiary/aromatic N) is 2. The zero-order chi connectivity index (χ0) is 40.0. The van der Waals surface area contributed by atoms with Gasteiger partial charge in [0.25, 0.3) is 0 Å². The number of rotatable bonds is 30. The highest BCUT2D eigenvalue weighted by molar-refractivity contribution is 6.49. The van der Waals surface area contributed by atoms with Gasteiger partial charge >= 0.3 is 0 Å². The summed E-state index contributed by atoms with van der Waals surface area (Å²) < 4.78 is 0. The summed E-state index contributed by atoms with van der Waals surface area (Å²) >= 11 is 0. The summed E-state index contributed by atoms with van der Waals surface area (Å²) in [5.74, 6) is 19.8. The average Bonchev–Trinajstić information content (AvgIpc) is 3.22. The monoisotopic (exact) mass is 757 g/mol. The normalized spacial score (nSPS) is 11.4. The molecule has 0 heterocycles. The Labute approximate surface area is 347 Å². The van der Waals surface area contributed by atoms with Crippen LogP contribution in [0, 0.1) is 35.5 Å². The van der Waals surface area contributed by atoms with E-state index >= 15 is 0 Å². The second kappa shape index (κ2) is 35.8. The van der Waals surface area contributed by atoms with Crippen molar-refractivity contribution >= 4 is 22.8 Å². The highest BCUT2D eigenvalue weighted by Crippen LogP contribution is 2.20. The summed E-state index contributed by atoms with van der Waals surface area (Å²) in [5, 5.41) is 0. The predicted octanol–water partition coefficient (Wildman–Crippen LogP) is 17.0. The Bertz CT molecular complexity index is 1520. The number of aliphatic imine (C=N–C) groups is 2. The van der Waals surface area contributed by atoms with Crippen LogP contribution in [0.3, 0.4) is 0 Å². The van der Waals surface area contributed by atoms with Gasteiger partial charge in [0.1, 0.15) is 5.71 Å². The molecule has 0 saturated heterocycles. The fraction of sp³-hybridized carbons (Fsp3) is 0.630. The van der Waals surface area contributed by atoms with Crippen molar-refractivity contribution in [3.8, 4) is 35.5 Å². The molecule has 2 nitrogen and oxygen atoms in total. The Morgan fingerprint density at radius 2 is 0.821 bits per heavy atom. The topological polar surface area (TPSA) is 24.7 Å². The molecule has 2 aromatic rings. The zero-order valence-corrected chi connectivity index (χ0v) is 36.7. The molecule has 0 unspecified atom stereocenters. The van der Waals surface area contributed by atoms with E-state index in [4.69, 9.17) is 9.98 Å². The van der Waals surface area contributed by atoms with Crippen molar-refractivity contribution < 1.29 is 0 Å². The lowest BCUT2D eigenvalue weighted by atomic mass is 10.0. The molecule has 2 aromatic carbocycles. The number of benzene rings is 2. The fourth-order valence-corrected chi connectivity index (χ4v) is 7.03. The van der Waals surface area contributed by atoms with Crippen LogP contribution in [0.2, 0.25) is 0 Å². The quantitative estimate of drug-likeness (QED) is 0.0431. The van der Waals surface area contributed by atoms with Crippen LogP contribution >= 0.6 is 0 Å². The maximum atomic E-state index is 5.14. The molecule has 2 rings (SSSR count). The molecule has 0 spiro atoms. The van der Waals surface area contributed by atoms with Gasteiger partial charge in [-0.15, -0.1) is 0 Å². The lowest BCUT2D eigenvalue weighted by molar-refractivity contribution is 0.517. The lowest BCUT2D eigenvalue weighted by Gasteiger charge is -2.07. The van der Waals surface area contributed by atoms with Gasteiger partial charge < -0.3 is 0 Å². The van der Waals surface area contributed by atoms with Crippen LogP contribution in [-0.2, 0) is 0 Å². The van der Waals surface area contributed by atoms with Crippen LogP contribution in [0.15, 0.2) is 58.5 Å². The van der Waals surface area contributed by atoms with Crippen LogP contribution in [0.25, 0.3) is 0 Å². The van der Waals surface area contributed by atoms with E-state index in [0.717, 1.165) is 78.9 Å². The van der Waals surface area contributed by atoms with Gasteiger partial charge in [-0.3, -0.25) is 4.99 Å². The molecule has 306 valence electrons. The van der Waals surface area contributed by atoms with E-state index in [1.165, 1.54) is 148 Å². The van der Waals surface area contributed by atoms with Gasteiger partial charge in [-0.2, -0.15) is 0 Å². The molecule has 0 atom stereocenters. The highest BCUT2D eigenvalue weighted by atomic mass is 14.8. The molecule has 0 fully saturated rings. The van der Waals surface area contributed by atoms with Gasteiger partial charge in [0.05, 0.1) is 17.1 Å². The first-order valence-corrected chi connectivity index (χ1v) is 23.5. The average molecular weight is 757 g/mol. The van der Waals surface area contributed by atoms with E-state index in [2.05, 4.69) is 81.4 Å². The first-order valence-electron chi connectivity index (χ1n) is 23.5. The van der Waals surface area contributed by atoms with Gasteiger partial charge in [-0.25, -0.2) is 4.99 Å². The van der Waals surface area contributed by atoms with Crippen LogP contribution in [0.5, 0.6) is 0 Å². The van der Waals surface area contributed by atoms with Crippen LogP contribution in [-0.4, -0.2) is 11.4 Å². The minimum absolute atomic E-state index is 0.772. The fourth-order valence-electron chi connectivity index (χ4n) is 7.03. The van der Waals surface area contributed by atoms with Crippen molar-refractivity contribution in [1.82, 2.24) is 0 Å². The van der Waals surface area contributed by atoms with Crippen molar-refractivity contribution in [2.24, 2.45) is 9.98 Å². The molecule has 0 radical (unpaired) electrons. The lowest BCUT2D eigenvalue weighted by Crippen LogP contribution is -2.12. The van der Waals surface area contributed by atoms with E-state index in [1.807, 2.05) is 30.3 Å². The third kappa shape index (κ3) is 26.3. The Balaban J connectivity index is 1.72. The molecule has 0 aliphatic heterocycles. The number of hydrogen-bond acceptors (Lipinski definition) is 2. The van der Waals surface area contributed by atoms with Gasteiger partial charge in [-0.05, 0) is 61.6 Å². The highest BCUT2D eigenvalue weighted by Gasteiger charge is 2.09. The number of unbranched alkanes of at least 4 members (excludes halogenated alkanes) is 25. The van der Waals surface area contributed by atoms with E-state index in [1.54, 1.807) is 0 Å². The van der Waals surface area contributed by atoms with Gasteiger partial charge in [0.15, 0.2) is 0 Å². The molecule has 0 aromatic heterocycles. The smallest absolute Gasteiger partial charge is 0.135 e. The Kier molecular flexibility index (Phi) is 31.1. The van der Waals surface area contributed by atoms with Crippen molar-refractivity contribution in [2.45, 2.75) is 220 Å². The maximum absolute atomic E-state index is 5.14. The Hall–Kier alpha value is -3.54. The Morgan fingerprint density at radius 3 is 1.23 bits per heavy atom.